The van der Waals surface area contributed by atoms with E-state index in [0.717, 1.165) is 38.0 Å². The maximum absolute atomic E-state index is 6.31. The van der Waals surface area contributed by atoms with Crippen molar-refractivity contribution in [2.75, 3.05) is 33.7 Å². The van der Waals surface area contributed by atoms with Crippen molar-refractivity contribution in [1.29, 1.82) is 0 Å². The fourth-order valence-corrected chi connectivity index (χ4v) is 3.24. The van der Waals surface area contributed by atoms with E-state index < -0.39 is 0 Å². The zero-order valence-electron chi connectivity index (χ0n) is 12.1. The molecule has 1 aliphatic rings. The summed E-state index contributed by atoms with van der Waals surface area (Å²) in [6.07, 6.45) is 1.78. The van der Waals surface area contributed by atoms with E-state index in [1.807, 2.05) is 12.1 Å². The lowest BCUT2D eigenvalue weighted by Gasteiger charge is -2.38. The maximum atomic E-state index is 6.31. The molecule has 5 heteroatoms. The summed E-state index contributed by atoms with van der Waals surface area (Å²) in [6.45, 7) is 3.32. The molecule has 1 aromatic rings. The van der Waals surface area contributed by atoms with E-state index in [4.69, 9.17) is 28.9 Å². The summed E-state index contributed by atoms with van der Waals surface area (Å²) in [7, 11) is 4.35. The molecule has 0 bridgehead atoms. The molecule has 112 valence electrons. The maximum Gasteiger partial charge on any atom is 0.0453 e. The van der Waals surface area contributed by atoms with Crippen LogP contribution in [-0.4, -0.2) is 55.6 Å². The topological polar surface area (TPSA) is 32.5 Å². The van der Waals surface area contributed by atoms with E-state index in [-0.39, 0.29) is 6.04 Å². The van der Waals surface area contributed by atoms with Crippen LogP contribution in [0, 0.1) is 0 Å². The summed E-state index contributed by atoms with van der Waals surface area (Å²) in [5, 5.41) is 1.38. The minimum atomic E-state index is 0.118. The average Bonchev–Trinajstić information content (AvgIpc) is 2.37. The third kappa shape index (κ3) is 4.34. The highest BCUT2D eigenvalue weighted by molar-refractivity contribution is 6.35. The smallest absolute Gasteiger partial charge is 0.0453 e. The molecular formula is C15H23Cl2N3. The number of piperazine rings is 1. The van der Waals surface area contributed by atoms with Crippen molar-refractivity contribution >= 4 is 23.2 Å². The van der Waals surface area contributed by atoms with E-state index >= 15 is 0 Å². The van der Waals surface area contributed by atoms with E-state index in [9.17, 15) is 0 Å². The summed E-state index contributed by atoms with van der Waals surface area (Å²) in [5.41, 5.74) is 7.39. The van der Waals surface area contributed by atoms with Crippen molar-refractivity contribution in [3.63, 3.8) is 0 Å². The minimum Gasteiger partial charge on any atom is -0.327 e. The monoisotopic (exact) mass is 315 g/mol. The van der Waals surface area contributed by atoms with Crippen LogP contribution in [0.3, 0.4) is 0 Å². The fourth-order valence-electron chi connectivity index (χ4n) is 2.76. The van der Waals surface area contributed by atoms with Gasteiger partial charge in [-0.1, -0.05) is 29.3 Å². The Balaban J connectivity index is 1.93. The number of nitrogens with zero attached hydrogens (tertiary/aromatic N) is 2. The van der Waals surface area contributed by atoms with Crippen molar-refractivity contribution in [3.8, 4) is 0 Å². The molecule has 2 rings (SSSR count). The molecule has 1 fully saturated rings. The molecule has 0 spiro atoms. The average molecular weight is 316 g/mol. The second-order valence-corrected chi connectivity index (χ2v) is 6.68. The Labute approximate surface area is 131 Å². The zero-order valence-corrected chi connectivity index (χ0v) is 13.7. The lowest BCUT2D eigenvalue weighted by atomic mass is 9.98. The van der Waals surface area contributed by atoms with Gasteiger partial charge in [0.25, 0.3) is 0 Å². The molecule has 2 atom stereocenters. The molecule has 0 saturated carbocycles. The van der Waals surface area contributed by atoms with Gasteiger partial charge < -0.3 is 15.5 Å². The van der Waals surface area contributed by atoms with Crippen LogP contribution in [0.1, 0.15) is 12.0 Å². The van der Waals surface area contributed by atoms with E-state index in [1.165, 1.54) is 0 Å². The van der Waals surface area contributed by atoms with Gasteiger partial charge in [-0.2, -0.15) is 0 Å². The molecule has 20 heavy (non-hydrogen) atoms. The van der Waals surface area contributed by atoms with Crippen LogP contribution >= 0.6 is 23.2 Å². The Bertz CT molecular complexity index is 453. The van der Waals surface area contributed by atoms with E-state index in [0.29, 0.717) is 16.1 Å². The van der Waals surface area contributed by atoms with Crippen LogP contribution in [0.4, 0.5) is 0 Å². The van der Waals surface area contributed by atoms with Crippen molar-refractivity contribution in [1.82, 2.24) is 9.80 Å². The first-order valence-electron chi connectivity index (χ1n) is 7.04. The molecule has 3 nitrogen and oxygen atoms in total. The van der Waals surface area contributed by atoms with Gasteiger partial charge in [0.15, 0.2) is 0 Å². The molecule has 0 amide bonds. The van der Waals surface area contributed by atoms with Crippen LogP contribution in [0.15, 0.2) is 18.2 Å². The number of hydrogen-bond acceptors (Lipinski definition) is 3. The quantitative estimate of drug-likeness (QED) is 0.926. The van der Waals surface area contributed by atoms with Gasteiger partial charge in [0, 0.05) is 41.8 Å². The first-order valence-corrected chi connectivity index (χ1v) is 7.79. The standard InChI is InChI=1S/C15H23Cl2N3/c1-19-5-6-20(2)14(10-19)9-13(18)7-11-3-4-12(16)8-15(11)17/h3-4,8,13-14H,5-7,9-10,18H2,1-2H3. The fraction of sp³-hybridized carbons (Fsp3) is 0.600. The number of likely N-dealkylation sites (N-methyl/N-ethyl adjacent to an activating group) is 2. The highest BCUT2D eigenvalue weighted by Gasteiger charge is 2.24. The highest BCUT2D eigenvalue weighted by Crippen LogP contribution is 2.23. The van der Waals surface area contributed by atoms with Crippen molar-refractivity contribution in [3.05, 3.63) is 33.8 Å². The largest absolute Gasteiger partial charge is 0.327 e. The molecule has 1 saturated heterocycles. The lowest BCUT2D eigenvalue weighted by Crippen LogP contribution is -2.51. The second-order valence-electron chi connectivity index (χ2n) is 5.83. The SMILES string of the molecule is CN1CCN(C)C(CC(N)Cc2ccc(Cl)cc2Cl)C1. The predicted octanol–water partition coefficient (Wildman–Crippen LogP) is 2.50. The number of benzene rings is 1. The molecule has 0 aliphatic carbocycles. The Morgan fingerprint density at radius 2 is 2.05 bits per heavy atom. The predicted molar refractivity (Wildman–Crippen MR) is 86.7 cm³/mol. The van der Waals surface area contributed by atoms with Gasteiger partial charge in [-0.3, -0.25) is 0 Å². The number of rotatable bonds is 4. The molecular weight excluding hydrogens is 293 g/mol. The highest BCUT2D eigenvalue weighted by atomic mass is 35.5. The molecule has 1 heterocycles. The molecule has 2 unspecified atom stereocenters. The zero-order chi connectivity index (χ0) is 14.7. The van der Waals surface area contributed by atoms with Crippen LogP contribution in [0.25, 0.3) is 0 Å². The molecule has 0 radical (unpaired) electrons. The van der Waals surface area contributed by atoms with Gasteiger partial charge in [0.1, 0.15) is 0 Å². The summed E-state index contributed by atoms with van der Waals surface area (Å²) in [6, 6.07) is 6.27. The molecule has 1 aliphatic heterocycles. The summed E-state index contributed by atoms with van der Waals surface area (Å²) >= 11 is 12.1. The molecule has 1 aromatic carbocycles. The Hall–Kier alpha value is -0.320. The lowest BCUT2D eigenvalue weighted by molar-refractivity contribution is 0.104. The van der Waals surface area contributed by atoms with E-state index in [2.05, 4.69) is 23.9 Å². The number of nitrogens with two attached hydrogens (primary N) is 1. The Morgan fingerprint density at radius 3 is 2.75 bits per heavy atom. The Kier molecular flexibility index (Phi) is 5.70. The van der Waals surface area contributed by atoms with Gasteiger partial charge in [-0.15, -0.1) is 0 Å². The normalized spacial score (nSPS) is 22.9. The second kappa shape index (κ2) is 7.10. The van der Waals surface area contributed by atoms with Crippen molar-refractivity contribution in [2.24, 2.45) is 5.73 Å². The summed E-state index contributed by atoms with van der Waals surface area (Å²) < 4.78 is 0. The summed E-state index contributed by atoms with van der Waals surface area (Å²) in [5.74, 6) is 0. The van der Waals surface area contributed by atoms with Crippen molar-refractivity contribution < 1.29 is 0 Å². The van der Waals surface area contributed by atoms with Crippen LogP contribution < -0.4 is 5.73 Å². The van der Waals surface area contributed by atoms with Gasteiger partial charge in [0.2, 0.25) is 0 Å². The number of hydrogen-bond donors (Lipinski definition) is 1. The van der Waals surface area contributed by atoms with Crippen LogP contribution in [-0.2, 0) is 6.42 Å². The third-order valence-corrected chi connectivity index (χ3v) is 4.64. The first-order chi connectivity index (χ1) is 9.45. The van der Waals surface area contributed by atoms with E-state index in [1.54, 1.807) is 6.07 Å². The molecule has 2 N–H and O–H groups in total. The Morgan fingerprint density at radius 1 is 1.30 bits per heavy atom. The third-order valence-electron chi connectivity index (χ3n) is 4.05. The molecule has 0 aromatic heterocycles. The minimum absolute atomic E-state index is 0.118. The summed E-state index contributed by atoms with van der Waals surface area (Å²) in [4.78, 5) is 4.77. The number of halogens is 2. The van der Waals surface area contributed by atoms with Crippen LogP contribution in [0.2, 0.25) is 10.0 Å². The first kappa shape index (κ1) is 16.1. The van der Waals surface area contributed by atoms with Gasteiger partial charge in [-0.05, 0) is 44.6 Å². The van der Waals surface area contributed by atoms with Gasteiger partial charge >= 0.3 is 0 Å². The van der Waals surface area contributed by atoms with Crippen LogP contribution in [0.5, 0.6) is 0 Å². The van der Waals surface area contributed by atoms with Gasteiger partial charge in [0.05, 0.1) is 0 Å². The van der Waals surface area contributed by atoms with Gasteiger partial charge in [-0.25, -0.2) is 0 Å². The van der Waals surface area contributed by atoms with Crippen molar-refractivity contribution in [2.45, 2.75) is 24.9 Å².